The van der Waals surface area contributed by atoms with Crippen molar-refractivity contribution >= 4 is 21.5 Å². The molecule has 0 aliphatic rings. The molecule has 0 aromatic heterocycles. The molecule has 0 N–H and O–H groups in total. The van der Waals surface area contributed by atoms with E-state index < -0.39 is 23.4 Å². The molecule has 0 radical (unpaired) electrons. The molecule has 0 fully saturated rings. The number of rotatable bonds is 2. The van der Waals surface area contributed by atoms with E-state index in [9.17, 15) is 22.0 Å². The lowest BCUT2D eigenvalue weighted by Gasteiger charge is -2.12. The van der Waals surface area contributed by atoms with Crippen molar-refractivity contribution in [2.75, 3.05) is 0 Å². The lowest BCUT2D eigenvalue weighted by Crippen LogP contribution is -2.11. The Balaban J connectivity index is 1.85. The lowest BCUT2D eigenvalue weighted by atomic mass is 9.95. The molecule has 0 unspecified atom stereocenters. The molecule has 4 rings (SSSR count). The van der Waals surface area contributed by atoms with Gasteiger partial charge in [-0.25, -0.2) is 8.78 Å². The van der Waals surface area contributed by atoms with Crippen LogP contribution in [0.5, 0.6) is 0 Å². The number of alkyl halides is 3. The molecule has 0 spiro atoms. The summed E-state index contributed by atoms with van der Waals surface area (Å²) in [4.78, 5) is 0. The van der Waals surface area contributed by atoms with Gasteiger partial charge in [-0.1, -0.05) is 49.4 Å². The topological polar surface area (TPSA) is 0 Å². The fourth-order valence-electron chi connectivity index (χ4n) is 3.53. The Labute approximate surface area is 158 Å². The van der Waals surface area contributed by atoms with Gasteiger partial charge in [0.25, 0.3) is 0 Å². The molecule has 142 valence electrons. The molecule has 0 amide bonds. The molecule has 0 aliphatic carbocycles. The van der Waals surface area contributed by atoms with Crippen LogP contribution in [-0.2, 0) is 12.6 Å². The molecular weight excluding hydrogens is 371 g/mol. The zero-order valence-electron chi connectivity index (χ0n) is 14.9. The van der Waals surface area contributed by atoms with Crippen LogP contribution in [-0.4, -0.2) is 0 Å². The van der Waals surface area contributed by atoms with Crippen molar-refractivity contribution in [1.29, 1.82) is 0 Å². The monoisotopic (exact) mass is 386 g/mol. The van der Waals surface area contributed by atoms with E-state index in [2.05, 4.69) is 19.1 Å². The van der Waals surface area contributed by atoms with Gasteiger partial charge in [-0.3, -0.25) is 0 Å². The highest BCUT2D eigenvalue weighted by atomic mass is 19.4. The van der Waals surface area contributed by atoms with E-state index in [1.165, 1.54) is 5.56 Å². The molecule has 4 aromatic carbocycles. The van der Waals surface area contributed by atoms with Crippen LogP contribution in [0.2, 0.25) is 0 Å². The minimum absolute atomic E-state index is 0.0614. The zero-order valence-corrected chi connectivity index (χ0v) is 14.9. The van der Waals surface area contributed by atoms with Crippen molar-refractivity contribution in [2.45, 2.75) is 19.5 Å². The van der Waals surface area contributed by atoms with Crippen LogP contribution in [0.15, 0.2) is 60.7 Å². The van der Waals surface area contributed by atoms with Gasteiger partial charge in [0.05, 0.1) is 0 Å². The van der Waals surface area contributed by atoms with E-state index in [1.54, 1.807) is 12.1 Å². The van der Waals surface area contributed by atoms with Gasteiger partial charge in [0.15, 0.2) is 0 Å². The summed E-state index contributed by atoms with van der Waals surface area (Å²) < 4.78 is 66.2. The molecule has 0 aliphatic heterocycles. The highest BCUT2D eigenvalue weighted by molar-refractivity contribution is 6.08. The van der Waals surface area contributed by atoms with Gasteiger partial charge in [-0.15, -0.1) is 0 Å². The summed E-state index contributed by atoms with van der Waals surface area (Å²) in [7, 11) is 0. The van der Waals surface area contributed by atoms with Crippen molar-refractivity contribution in [3.05, 3.63) is 83.4 Å². The van der Waals surface area contributed by atoms with Crippen molar-refractivity contribution in [3.63, 3.8) is 0 Å². The van der Waals surface area contributed by atoms with Crippen molar-refractivity contribution < 1.29 is 22.0 Å². The van der Waals surface area contributed by atoms with Crippen LogP contribution in [0.4, 0.5) is 22.0 Å². The smallest absolute Gasteiger partial charge is 0.206 e. The zero-order chi connectivity index (χ0) is 20.1. The second kappa shape index (κ2) is 6.59. The number of halogens is 5. The number of hydrogen-bond acceptors (Lipinski definition) is 0. The fourth-order valence-corrected chi connectivity index (χ4v) is 3.53. The summed E-state index contributed by atoms with van der Waals surface area (Å²) >= 11 is 0. The van der Waals surface area contributed by atoms with E-state index in [-0.39, 0.29) is 5.56 Å². The Bertz CT molecular complexity index is 1180. The molecule has 0 saturated carbocycles. The highest BCUT2D eigenvalue weighted by Crippen LogP contribution is 2.37. The summed E-state index contributed by atoms with van der Waals surface area (Å²) in [6.45, 7) is 2.08. The van der Waals surface area contributed by atoms with Crippen LogP contribution in [0, 0.1) is 11.6 Å². The first-order valence-corrected chi connectivity index (χ1v) is 8.80. The SMILES string of the molecule is CCc1ccc2c(ccc3cc(-c4cc(F)c(C(F)(F)F)c(F)c4)ccc32)c1. The second-order valence-electron chi connectivity index (χ2n) is 6.72. The van der Waals surface area contributed by atoms with Gasteiger partial charge in [-0.05, 0) is 62.9 Å². The van der Waals surface area contributed by atoms with Gasteiger partial charge >= 0.3 is 6.18 Å². The maximum atomic E-state index is 13.9. The third kappa shape index (κ3) is 3.11. The molecule has 28 heavy (non-hydrogen) atoms. The van der Waals surface area contributed by atoms with E-state index >= 15 is 0 Å². The lowest BCUT2D eigenvalue weighted by molar-refractivity contribution is -0.142. The molecule has 0 saturated heterocycles. The van der Waals surface area contributed by atoms with Gasteiger partial charge in [-0.2, -0.15) is 13.2 Å². The molecule has 4 aromatic rings. The van der Waals surface area contributed by atoms with Crippen molar-refractivity contribution in [2.24, 2.45) is 0 Å². The van der Waals surface area contributed by atoms with Crippen LogP contribution < -0.4 is 0 Å². The quantitative estimate of drug-likeness (QED) is 0.247. The highest BCUT2D eigenvalue weighted by Gasteiger charge is 2.37. The van der Waals surface area contributed by atoms with E-state index in [4.69, 9.17) is 0 Å². The molecule has 5 heteroatoms. The summed E-state index contributed by atoms with van der Waals surface area (Å²) in [5.41, 5.74) is -0.135. The normalized spacial score (nSPS) is 12.1. The van der Waals surface area contributed by atoms with E-state index in [1.807, 2.05) is 24.3 Å². The van der Waals surface area contributed by atoms with E-state index in [0.29, 0.717) is 5.56 Å². The van der Waals surface area contributed by atoms with Crippen molar-refractivity contribution in [3.8, 4) is 11.1 Å². The molecule has 0 bridgehead atoms. The fraction of sp³-hybridized carbons (Fsp3) is 0.130. The van der Waals surface area contributed by atoms with Crippen LogP contribution in [0.25, 0.3) is 32.7 Å². The van der Waals surface area contributed by atoms with Gasteiger partial charge in [0.1, 0.15) is 17.2 Å². The predicted molar refractivity (Wildman–Crippen MR) is 101 cm³/mol. The number of benzene rings is 4. The average Bonchev–Trinajstić information content (AvgIpc) is 2.65. The summed E-state index contributed by atoms with van der Waals surface area (Å²) in [5, 5.41) is 3.95. The Hall–Kier alpha value is -2.95. The molecule has 0 nitrogen and oxygen atoms in total. The maximum Gasteiger partial charge on any atom is 0.422 e. The van der Waals surface area contributed by atoms with Gasteiger partial charge in [0, 0.05) is 0 Å². The largest absolute Gasteiger partial charge is 0.422 e. The number of fused-ring (bicyclic) bond motifs is 3. The first-order chi connectivity index (χ1) is 13.3. The Kier molecular flexibility index (Phi) is 4.33. The molecule has 0 heterocycles. The number of aryl methyl sites for hydroxylation is 1. The third-order valence-electron chi connectivity index (χ3n) is 4.97. The minimum Gasteiger partial charge on any atom is -0.206 e. The Morgan fingerprint density at radius 2 is 1.25 bits per heavy atom. The Morgan fingerprint density at radius 1 is 0.679 bits per heavy atom. The van der Waals surface area contributed by atoms with Crippen LogP contribution in [0.3, 0.4) is 0 Å². The van der Waals surface area contributed by atoms with Gasteiger partial charge in [0.2, 0.25) is 0 Å². The van der Waals surface area contributed by atoms with E-state index in [0.717, 1.165) is 40.1 Å². The summed E-state index contributed by atoms with van der Waals surface area (Å²) in [5.74, 6) is -3.23. The third-order valence-corrected chi connectivity index (χ3v) is 4.97. The first kappa shape index (κ1) is 18.4. The predicted octanol–water partition coefficient (Wildman–Crippen LogP) is 7.52. The van der Waals surface area contributed by atoms with Crippen molar-refractivity contribution in [1.82, 2.24) is 0 Å². The second-order valence-corrected chi connectivity index (χ2v) is 6.72. The Morgan fingerprint density at radius 3 is 1.82 bits per heavy atom. The first-order valence-electron chi connectivity index (χ1n) is 8.80. The molecular formula is C23H15F5. The summed E-state index contributed by atoms with van der Waals surface area (Å²) in [6, 6.07) is 16.7. The number of hydrogen-bond donors (Lipinski definition) is 0. The van der Waals surface area contributed by atoms with Gasteiger partial charge < -0.3 is 0 Å². The molecule has 0 atom stereocenters. The maximum absolute atomic E-state index is 13.9. The summed E-state index contributed by atoms with van der Waals surface area (Å²) in [6.07, 6.45) is -4.15. The van der Waals surface area contributed by atoms with Crippen LogP contribution >= 0.6 is 0 Å². The standard InChI is InChI=1S/C23H15F5/c1-2-13-3-7-18-15(9-13)4-5-16-10-14(6-8-19(16)18)17-11-20(24)22(21(25)12-17)23(26,27)28/h3-12H,2H2,1H3. The average molecular weight is 386 g/mol. The van der Waals surface area contributed by atoms with Crippen LogP contribution in [0.1, 0.15) is 18.1 Å². The minimum atomic E-state index is -5.08.